The maximum Gasteiger partial charge on any atom is 0.153 e. The normalized spacial score (nSPS) is 12.5. The third-order valence-electron chi connectivity index (χ3n) is 1.25. The minimum atomic E-state index is -1.39. The van der Waals surface area contributed by atoms with Gasteiger partial charge in [-0.05, 0) is 6.07 Å². The van der Waals surface area contributed by atoms with Crippen LogP contribution in [-0.2, 0) is 4.79 Å². The Kier molecular flexibility index (Phi) is 2.28. The van der Waals surface area contributed by atoms with Crippen molar-refractivity contribution in [3.63, 3.8) is 0 Å². The van der Waals surface area contributed by atoms with Crippen LogP contribution in [0.4, 0.5) is 4.39 Å². The molecule has 1 heterocycles. The van der Waals surface area contributed by atoms with E-state index in [1.54, 1.807) is 0 Å². The summed E-state index contributed by atoms with van der Waals surface area (Å²) in [5.41, 5.74) is -0.0463. The molecule has 0 bridgehead atoms. The molecule has 1 rings (SSSR count). The van der Waals surface area contributed by atoms with E-state index >= 15 is 0 Å². The van der Waals surface area contributed by atoms with Gasteiger partial charge in [0.15, 0.2) is 6.29 Å². The molecule has 0 radical (unpaired) electrons. The summed E-state index contributed by atoms with van der Waals surface area (Å²) in [5.74, 6) is -0.674. The molecule has 0 aliphatic rings. The van der Waals surface area contributed by atoms with Crippen molar-refractivity contribution in [3.8, 4) is 0 Å². The largest absolute Gasteiger partial charge is 0.381 e. The van der Waals surface area contributed by atoms with E-state index in [1.807, 2.05) is 0 Å². The summed E-state index contributed by atoms with van der Waals surface area (Å²) in [6.07, 6.45) is 1.13. The van der Waals surface area contributed by atoms with E-state index in [0.29, 0.717) is 0 Å². The number of carbonyl (C=O) groups excluding carboxylic acids is 1. The Hall–Kier alpha value is -1.29. The van der Waals surface area contributed by atoms with Gasteiger partial charge >= 0.3 is 0 Å². The first-order valence-corrected chi connectivity index (χ1v) is 2.98. The van der Waals surface area contributed by atoms with Gasteiger partial charge in [0.1, 0.15) is 11.9 Å². The SMILES string of the molecule is O=CC(O)c1ccncc1F. The van der Waals surface area contributed by atoms with Crippen molar-refractivity contribution in [2.45, 2.75) is 6.10 Å². The molecule has 0 aromatic carbocycles. The lowest BCUT2D eigenvalue weighted by Gasteiger charge is -2.02. The van der Waals surface area contributed by atoms with Crippen LogP contribution in [0, 0.1) is 5.82 Å². The first-order valence-electron chi connectivity index (χ1n) is 2.98. The number of aliphatic hydroxyl groups excluding tert-OH is 1. The van der Waals surface area contributed by atoms with Crippen LogP contribution in [-0.4, -0.2) is 16.4 Å². The van der Waals surface area contributed by atoms with Crippen molar-refractivity contribution >= 4 is 6.29 Å². The lowest BCUT2D eigenvalue weighted by atomic mass is 10.1. The van der Waals surface area contributed by atoms with Gasteiger partial charge in [0, 0.05) is 11.8 Å². The van der Waals surface area contributed by atoms with E-state index < -0.39 is 11.9 Å². The summed E-state index contributed by atoms with van der Waals surface area (Å²) in [5, 5.41) is 8.87. The van der Waals surface area contributed by atoms with E-state index in [-0.39, 0.29) is 11.8 Å². The second-order valence-corrected chi connectivity index (χ2v) is 1.98. The quantitative estimate of drug-likeness (QED) is 0.631. The van der Waals surface area contributed by atoms with Gasteiger partial charge in [-0.2, -0.15) is 0 Å². The molecule has 0 saturated carbocycles. The van der Waals surface area contributed by atoms with E-state index in [9.17, 15) is 9.18 Å². The van der Waals surface area contributed by atoms with Gasteiger partial charge in [-0.15, -0.1) is 0 Å². The average molecular weight is 155 g/mol. The Morgan fingerprint density at radius 2 is 2.45 bits per heavy atom. The van der Waals surface area contributed by atoms with Crippen LogP contribution >= 0.6 is 0 Å². The molecular formula is C7H6FNO2. The first kappa shape index (κ1) is 7.81. The molecule has 58 valence electrons. The number of nitrogens with zero attached hydrogens (tertiary/aromatic N) is 1. The van der Waals surface area contributed by atoms with E-state index in [0.717, 1.165) is 6.20 Å². The summed E-state index contributed by atoms with van der Waals surface area (Å²) in [6.45, 7) is 0. The molecular weight excluding hydrogens is 149 g/mol. The number of hydrogen-bond acceptors (Lipinski definition) is 3. The molecule has 0 amide bonds. The third kappa shape index (κ3) is 1.59. The Labute approximate surface area is 62.5 Å². The molecule has 1 unspecified atom stereocenters. The third-order valence-corrected chi connectivity index (χ3v) is 1.25. The highest BCUT2D eigenvalue weighted by Gasteiger charge is 2.09. The maximum absolute atomic E-state index is 12.6. The zero-order valence-corrected chi connectivity index (χ0v) is 5.57. The lowest BCUT2D eigenvalue weighted by Crippen LogP contribution is -2.01. The molecule has 0 aliphatic heterocycles. The number of hydrogen-bond donors (Lipinski definition) is 1. The van der Waals surface area contributed by atoms with Gasteiger partial charge in [0.2, 0.25) is 0 Å². The lowest BCUT2D eigenvalue weighted by molar-refractivity contribution is -0.115. The van der Waals surface area contributed by atoms with Crippen molar-refractivity contribution in [1.29, 1.82) is 0 Å². The Balaban J connectivity index is 3.02. The highest BCUT2D eigenvalue weighted by atomic mass is 19.1. The van der Waals surface area contributed by atoms with Gasteiger partial charge < -0.3 is 9.90 Å². The number of pyridine rings is 1. The monoisotopic (exact) mass is 155 g/mol. The van der Waals surface area contributed by atoms with Crippen LogP contribution in [0.2, 0.25) is 0 Å². The fourth-order valence-electron chi connectivity index (χ4n) is 0.699. The van der Waals surface area contributed by atoms with E-state index in [4.69, 9.17) is 5.11 Å². The molecule has 1 aromatic rings. The number of aliphatic hydroxyl groups is 1. The van der Waals surface area contributed by atoms with Crippen LogP contribution < -0.4 is 0 Å². The number of aromatic nitrogens is 1. The highest BCUT2D eigenvalue weighted by Crippen LogP contribution is 2.12. The Bertz CT molecular complexity index is 264. The van der Waals surface area contributed by atoms with Gasteiger partial charge in [0.25, 0.3) is 0 Å². The van der Waals surface area contributed by atoms with Gasteiger partial charge in [-0.25, -0.2) is 4.39 Å². The smallest absolute Gasteiger partial charge is 0.153 e. The predicted molar refractivity (Wildman–Crippen MR) is 35.2 cm³/mol. The summed E-state index contributed by atoms with van der Waals surface area (Å²) >= 11 is 0. The highest BCUT2D eigenvalue weighted by molar-refractivity contribution is 5.59. The van der Waals surface area contributed by atoms with Crippen molar-refractivity contribution in [1.82, 2.24) is 4.98 Å². The van der Waals surface area contributed by atoms with Crippen LogP contribution in [0.5, 0.6) is 0 Å². The number of halogens is 1. The second kappa shape index (κ2) is 3.21. The predicted octanol–water partition coefficient (Wildman–Crippen LogP) is 0.453. The van der Waals surface area contributed by atoms with E-state index in [1.165, 1.54) is 12.3 Å². The van der Waals surface area contributed by atoms with Crippen LogP contribution in [0.3, 0.4) is 0 Å². The minimum Gasteiger partial charge on any atom is -0.381 e. The molecule has 0 saturated heterocycles. The topological polar surface area (TPSA) is 50.2 Å². The summed E-state index contributed by atoms with van der Waals surface area (Å²) in [4.78, 5) is 13.5. The second-order valence-electron chi connectivity index (χ2n) is 1.98. The summed E-state index contributed by atoms with van der Waals surface area (Å²) in [7, 11) is 0. The molecule has 11 heavy (non-hydrogen) atoms. The fraction of sp³-hybridized carbons (Fsp3) is 0.143. The van der Waals surface area contributed by atoms with Gasteiger partial charge in [-0.1, -0.05) is 0 Å². The fourth-order valence-corrected chi connectivity index (χ4v) is 0.699. The zero-order chi connectivity index (χ0) is 8.27. The number of rotatable bonds is 2. The maximum atomic E-state index is 12.6. The standard InChI is InChI=1S/C7H6FNO2/c8-6-3-9-2-1-5(6)7(11)4-10/h1-4,7,11H. The van der Waals surface area contributed by atoms with Crippen molar-refractivity contribution in [3.05, 3.63) is 29.8 Å². The van der Waals surface area contributed by atoms with Crippen LogP contribution in [0.1, 0.15) is 11.7 Å². The van der Waals surface area contributed by atoms with E-state index in [2.05, 4.69) is 4.98 Å². The Morgan fingerprint density at radius 1 is 1.73 bits per heavy atom. The summed E-state index contributed by atoms with van der Waals surface area (Å²) in [6, 6.07) is 1.26. The van der Waals surface area contributed by atoms with Crippen molar-refractivity contribution in [2.24, 2.45) is 0 Å². The number of aldehydes is 1. The first-order chi connectivity index (χ1) is 5.25. The molecule has 0 spiro atoms. The van der Waals surface area contributed by atoms with Crippen LogP contribution in [0.25, 0.3) is 0 Å². The van der Waals surface area contributed by atoms with Gasteiger partial charge in [-0.3, -0.25) is 4.98 Å². The van der Waals surface area contributed by atoms with Crippen LogP contribution in [0.15, 0.2) is 18.5 Å². The molecule has 1 N–H and O–H groups in total. The molecule has 3 nitrogen and oxygen atoms in total. The minimum absolute atomic E-state index is 0.0463. The van der Waals surface area contributed by atoms with Gasteiger partial charge in [0.05, 0.1) is 6.20 Å². The summed E-state index contributed by atoms with van der Waals surface area (Å²) < 4.78 is 12.6. The zero-order valence-electron chi connectivity index (χ0n) is 5.57. The molecule has 1 atom stereocenters. The molecule has 4 heteroatoms. The molecule has 0 fully saturated rings. The van der Waals surface area contributed by atoms with Crippen molar-refractivity contribution in [2.75, 3.05) is 0 Å². The molecule has 1 aromatic heterocycles. The Morgan fingerprint density at radius 3 is 3.00 bits per heavy atom. The van der Waals surface area contributed by atoms with Crippen molar-refractivity contribution < 1.29 is 14.3 Å². The average Bonchev–Trinajstić information content (AvgIpc) is 2.04. The molecule has 0 aliphatic carbocycles. The number of carbonyl (C=O) groups is 1.